The van der Waals surface area contributed by atoms with Gasteiger partial charge in [-0.05, 0) is 25.3 Å². The molecule has 1 atom stereocenters. The van der Waals surface area contributed by atoms with Gasteiger partial charge in [0.2, 0.25) is 0 Å². The van der Waals surface area contributed by atoms with Crippen molar-refractivity contribution in [3.05, 3.63) is 48.4 Å². The molecule has 0 unspecified atom stereocenters. The number of para-hydroxylation sites is 1. The number of aromatic amines is 1. The first-order valence-electron chi connectivity index (χ1n) is 8.76. The molecule has 4 rings (SSSR count). The van der Waals surface area contributed by atoms with Gasteiger partial charge in [-0.25, -0.2) is 0 Å². The van der Waals surface area contributed by atoms with E-state index in [0.29, 0.717) is 17.8 Å². The van der Waals surface area contributed by atoms with E-state index in [1.165, 1.54) is 0 Å². The highest BCUT2D eigenvalue weighted by atomic mass is 16.5. The molecule has 1 aliphatic heterocycles. The minimum atomic E-state index is -0.678. The summed E-state index contributed by atoms with van der Waals surface area (Å²) in [5.41, 5.74) is 1.68. The van der Waals surface area contributed by atoms with Crippen molar-refractivity contribution in [2.24, 2.45) is 0 Å². The summed E-state index contributed by atoms with van der Waals surface area (Å²) in [7, 11) is 0. The Morgan fingerprint density at radius 2 is 2.19 bits per heavy atom. The molecule has 0 saturated carbocycles. The number of aromatic nitrogens is 3. The Labute approximate surface area is 150 Å². The van der Waals surface area contributed by atoms with E-state index in [9.17, 15) is 9.59 Å². The van der Waals surface area contributed by atoms with Crippen LogP contribution in [-0.2, 0) is 16.1 Å². The topological polar surface area (TPSA) is 89.0 Å². The summed E-state index contributed by atoms with van der Waals surface area (Å²) >= 11 is 0. The number of ketones is 1. The lowest BCUT2D eigenvalue weighted by atomic mass is 10.1. The Balaban J connectivity index is 1.42. The number of rotatable bonds is 5. The average Bonchev–Trinajstić information content (AvgIpc) is 3.29. The minimum absolute atomic E-state index is 0.153. The van der Waals surface area contributed by atoms with Gasteiger partial charge in [0, 0.05) is 29.9 Å². The summed E-state index contributed by atoms with van der Waals surface area (Å²) in [6, 6.07) is 7.38. The van der Waals surface area contributed by atoms with Gasteiger partial charge in [-0.1, -0.05) is 18.2 Å². The molecule has 1 amide bonds. The van der Waals surface area contributed by atoms with Crippen LogP contribution in [0.15, 0.2) is 42.9 Å². The molecule has 3 heterocycles. The van der Waals surface area contributed by atoms with Crippen molar-refractivity contribution >= 4 is 28.3 Å². The lowest BCUT2D eigenvalue weighted by Gasteiger charge is -2.22. The average molecular weight is 352 g/mol. The summed E-state index contributed by atoms with van der Waals surface area (Å²) in [5.74, 6) is -1.26. The van der Waals surface area contributed by atoms with E-state index in [2.05, 4.69) is 15.4 Å². The minimum Gasteiger partial charge on any atom is -0.376 e. The molecule has 0 bridgehead atoms. The standard InChI is InChI=1S/C19H20N4O3/c24-18(16-10-20-17-7-2-1-6-15(16)17)19(25)22-13-9-21-23(11-13)12-14-5-3-4-8-26-14/h1-2,6-7,9-11,14,20H,3-5,8,12H2,(H,22,25)/t14-/m0/s1. The first kappa shape index (κ1) is 16.5. The van der Waals surface area contributed by atoms with Crippen molar-refractivity contribution in [3.8, 4) is 0 Å². The van der Waals surface area contributed by atoms with Crippen molar-refractivity contribution in [2.75, 3.05) is 11.9 Å². The number of H-pyrrole nitrogens is 1. The van der Waals surface area contributed by atoms with Crippen LogP contribution in [-0.4, -0.2) is 39.2 Å². The largest absolute Gasteiger partial charge is 0.376 e. The number of benzene rings is 1. The quantitative estimate of drug-likeness (QED) is 0.546. The summed E-state index contributed by atoms with van der Waals surface area (Å²) in [6.07, 6.45) is 8.26. The fourth-order valence-corrected chi connectivity index (χ4v) is 3.26. The Hall–Kier alpha value is -2.93. The highest BCUT2D eigenvalue weighted by Crippen LogP contribution is 2.19. The molecule has 1 saturated heterocycles. The fraction of sp³-hybridized carbons (Fsp3) is 0.316. The molecule has 2 N–H and O–H groups in total. The first-order chi connectivity index (χ1) is 12.7. The number of nitrogens with zero attached hydrogens (tertiary/aromatic N) is 2. The zero-order valence-electron chi connectivity index (χ0n) is 14.3. The molecule has 1 aromatic carbocycles. The normalized spacial score (nSPS) is 17.3. The number of ether oxygens (including phenoxy) is 1. The predicted molar refractivity (Wildman–Crippen MR) is 97.1 cm³/mol. The lowest BCUT2D eigenvalue weighted by Crippen LogP contribution is -2.24. The third-order valence-corrected chi connectivity index (χ3v) is 4.60. The third-order valence-electron chi connectivity index (χ3n) is 4.60. The van der Waals surface area contributed by atoms with E-state index in [0.717, 1.165) is 36.8 Å². The molecule has 3 aromatic rings. The third kappa shape index (κ3) is 3.39. The van der Waals surface area contributed by atoms with Gasteiger partial charge in [0.1, 0.15) is 0 Å². The van der Waals surface area contributed by atoms with Crippen LogP contribution in [0.2, 0.25) is 0 Å². The van der Waals surface area contributed by atoms with Gasteiger partial charge in [-0.2, -0.15) is 5.10 Å². The van der Waals surface area contributed by atoms with Crippen molar-refractivity contribution in [1.29, 1.82) is 0 Å². The maximum atomic E-state index is 12.5. The van der Waals surface area contributed by atoms with Crippen molar-refractivity contribution in [3.63, 3.8) is 0 Å². The van der Waals surface area contributed by atoms with Crippen LogP contribution in [0.25, 0.3) is 10.9 Å². The van der Waals surface area contributed by atoms with Crippen LogP contribution in [0.3, 0.4) is 0 Å². The van der Waals surface area contributed by atoms with Crippen molar-refractivity contribution in [1.82, 2.24) is 14.8 Å². The zero-order valence-corrected chi connectivity index (χ0v) is 14.3. The Morgan fingerprint density at radius 1 is 1.31 bits per heavy atom. The van der Waals surface area contributed by atoms with Gasteiger partial charge < -0.3 is 15.0 Å². The van der Waals surface area contributed by atoms with E-state index >= 15 is 0 Å². The molecular weight excluding hydrogens is 332 g/mol. The van der Waals surface area contributed by atoms with Crippen LogP contribution < -0.4 is 5.32 Å². The number of amides is 1. The number of hydrogen-bond acceptors (Lipinski definition) is 4. The summed E-state index contributed by atoms with van der Waals surface area (Å²) in [4.78, 5) is 27.8. The van der Waals surface area contributed by atoms with E-state index in [4.69, 9.17) is 4.74 Å². The molecule has 134 valence electrons. The molecule has 1 aliphatic rings. The first-order valence-corrected chi connectivity index (χ1v) is 8.76. The molecule has 0 aliphatic carbocycles. The molecule has 1 fully saturated rings. The number of Topliss-reactive ketones (excluding diaryl/α,β-unsaturated/α-hetero) is 1. The zero-order chi connectivity index (χ0) is 17.9. The monoisotopic (exact) mass is 352 g/mol. The van der Waals surface area contributed by atoms with Gasteiger partial charge in [0.05, 0.1) is 30.1 Å². The second kappa shape index (κ2) is 7.13. The molecule has 7 heteroatoms. The maximum Gasteiger partial charge on any atom is 0.296 e. The van der Waals surface area contributed by atoms with Gasteiger partial charge in [-0.3, -0.25) is 14.3 Å². The highest BCUT2D eigenvalue weighted by molar-refractivity contribution is 6.48. The lowest BCUT2D eigenvalue weighted by molar-refractivity contribution is -0.112. The van der Waals surface area contributed by atoms with Crippen LogP contribution >= 0.6 is 0 Å². The Bertz CT molecular complexity index is 937. The maximum absolute atomic E-state index is 12.5. The number of carbonyl (C=O) groups excluding carboxylic acids is 2. The van der Waals surface area contributed by atoms with Crippen molar-refractivity contribution < 1.29 is 14.3 Å². The summed E-state index contributed by atoms with van der Waals surface area (Å²) in [6.45, 7) is 1.43. The van der Waals surface area contributed by atoms with Crippen LogP contribution in [0.4, 0.5) is 5.69 Å². The van der Waals surface area contributed by atoms with Crippen LogP contribution in [0, 0.1) is 0 Å². The van der Waals surface area contributed by atoms with Gasteiger partial charge in [-0.15, -0.1) is 0 Å². The number of nitrogens with one attached hydrogen (secondary N) is 2. The molecule has 26 heavy (non-hydrogen) atoms. The number of fused-ring (bicyclic) bond motifs is 1. The van der Waals surface area contributed by atoms with E-state index in [-0.39, 0.29) is 6.10 Å². The predicted octanol–water partition coefficient (Wildman–Crippen LogP) is 2.75. The van der Waals surface area contributed by atoms with Gasteiger partial charge >= 0.3 is 0 Å². The van der Waals surface area contributed by atoms with E-state index in [1.807, 2.05) is 24.3 Å². The highest BCUT2D eigenvalue weighted by Gasteiger charge is 2.21. The molecule has 7 nitrogen and oxygen atoms in total. The summed E-state index contributed by atoms with van der Waals surface area (Å²) < 4.78 is 7.43. The Morgan fingerprint density at radius 3 is 3.04 bits per heavy atom. The second-order valence-corrected chi connectivity index (χ2v) is 6.47. The molecule has 2 aromatic heterocycles. The second-order valence-electron chi connectivity index (χ2n) is 6.47. The SMILES string of the molecule is O=C(Nc1cnn(C[C@@H]2CCCCO2)c1)C(=O)c1c[nH]c2ccccc12. The number of anilines is 1. The van der Waals surface area contributed by atoms with Crippen molar-refractivity contribution in [2.45, 2.75) is 31.9 Å². The van der Waals surface area contributed by atoms with Gasteiger partial charge in [0.25, 0.3) is 11.7 Å². The molecular formula is C19H20N4O3. The van der Waals surface area contributed by atoms with Crippen LogP contribution in [0.5, 0.6) is 0 Å². The Kier molecular flexibility index (Phi) is 4.53. The van der Waals surface area contributed by atoms with E-state index in [1.54, 1.807) is 23.3 Å². The fourth-order valence-electron chi connectivity index (χ4n) is 3.26. The molecule has 0 spiro atoms. The van der Waals surface area contributed by atoms with E-state index < -0.39 is 11.7 Å². The number of carbonyl (C=O) groups is 2. The van der Waals surface area contributed by atoms with Crippen LogP contribution in [0.1, 0.15) is 29.6 Å². The summed E-state index contributed by atoms with van der Waals surface area (Å²) in [5, 5.41) is 7.60. The van der Waals surface area contributed by atoms with Gasteiger partial charge in [0.15, 0.2) is 0 Å². The smallest absolute Gasteiger partial charge is 0.296 e. The molecule has 0 radical (unpaired) electrons. The number of hydrogen-bond donors (Lipinski definition) is 2.